The summed E-state index contributed by atoms with van der Waals surface area (Å²) in [5.74, 6) is 1.63. The molecular weight excluding hydrogens is 262 g/mol. The van der Waals surface area contributed by atoms with Crippen molar-refractivity contribution in [2.24, 2.45) is 5.92 Å². The Morgan fingerprint density at radius 1 is 1.33 bits per heavy atom. The lowest BCUT2D eigenvalue weighted by atomic mass is 9.83. The second-order valence-corrected chi connectivity index (χ2v) is 6.19. The minimum atomic E-state index is -0.00614. The van der Waals surface area contributed by atoms with E-state index in [1.165, 1.54) is 32.1 Å². The molecule has 1 fully saturated rings. The minimum Gasteiger partial charge on any atom is -0.367 e. The second kappa shape index (κ2) is 7.43. The third-order valence-electron chi connectivity index (χ3n) is 4.41. The van der Waals surface area contributed by atoms with Crippen LogP contribution in [-0.2, 0) is 0 Å². The Balaban J connectivity index is 1.99. The van der Waals surface area contributed by atoms with Crippen LogP contribution in [0, 0.1) is 5.92 Å². The van der Waals surface area contributed by atoms with Crippen LogP contribution < -0.4 is 5.32 Å². The maximum Gasteiger partial charge on any atom is 0.254 e. The molecule has 1 aliphatic carbocycles. The van der Waals surface area contributed by atoms with Gasteiger partial charge in [-0.15, -0.1) is 0 Å². The zero-order valence-electron chi connectivity index (χ0n) is 13.4. The topological polar surface area (TPSA) is 45.2 Å². The first kappa shape index (κ1) is 15.8. The average molecular weight is 289 g/mol. The number of aromatic nitrogens is 1. The Morgan fingerprint density at radius 2 is 2.05 bits per heavy atom. The molecule has 2 rings (SSSR count). The summed E-state index contributed by atoms with van der Waals surface area (Å²) in [5, 5.41) is 3.56. The van der Waals surface area contributed by atoms with E-state index in [0.717, 1.165) is 18.2 Å². The molecule has 1 aliphatic rings. The number of nitrogens with zero attached hydrogens (tertiary/aromatic N) is 2. The van der Waals surface area contributed by atoms with Crippen molar-refractivity contribution in [3.8, 4) is 0 Å². The molecule has 1 heterocycles. The van der Waals surface area contributed by atoms with Crippen LogP contribution in [0.25, 0.3) is 0 Å². The Morgan fingerprint density at radius 3 is 2.57 bits per heavy atom. The number of hydrogen-bond donors (Lipinski definition) is 1. The van der Waals surface area contributed by atoms with Gasteiger partial charge in [-0.3, -0.25) is 4.79 Å². The molecule has 1 amide bonds. The van der Waals surface area contributed by atoms with E-state index in [4.69, 9.17) is 0 Å². The number of amides is 1. The van der Waals surface area contributed by atoms with E-state index in [9.17, 15) is 4.79 Å². The minimum absolute atomic E-state index is 0.00614. The molecule has 0 bridgehead atoms. The Bertz CT molecular complexity index is 450. The third kappa shape index (κ3) is 4.19. The van der Waals surface area contributed by atoms with Crippen LogP contribution in [0.5, 0.6) is 0 Å². The van der Waals surface area contributed by atoms with Crippen molar-refractivity contribution in [1.82, 2.24) is 9.88 Å². The molecule has 4 heteroatoms. The van der Waals surface area contributed by atoms with Crippen LogP contribution in [0.4, 0.5) is 5.82 Å². The smallest absolute Gasteiger partial charge is 0.254 e. The van der Waals surface area contributed by atoms with E-state index in [1.54, 1.807) is 25.2 Å². The quantitative estimate of drug-likeness (QED) is 0.901. The van der Waals surface area contributed by atoms with Gasteiger partial charge in [-0.05, 0) is 37.3 Å². The maximum atomic E-state index is 11.8. The fourth-order valence-electron chi connectivity index (χ4n) is 3.14. The number of carbonyl (C=O) groups is 1. The van der Waals surface area contributed by atoms with Crippen molar-refractivity contribution in [3.63, 3.8) is 0 Å². The van der Waals surface area contributed by atoms with Crippen LogP contribution in [-0.4, -0.2) is 35.9 Å². The highest BCUT2D eigenvalue weighted by molar-refractivity contribution is 5.93. The van der Waals surface area contributed by atoms with Crippen molar-refractivity contribution in [2.75, 3.05) is 19.4 Å². The van der Waals surface area contributed by atoms with Crippen molar-refractivity contribution in [2.45, 2.75) is 51.5 Å². The normalized spacial score (nSPS) is 17.3. The van der Waals surface area contributed by atoms with E-state index >= 15 is 0 Å². The predicted molar refractivity (Wildman–Crippen MR) is 86.5 cm³/mol. The number of nitrogens with one attached hydrogen (secondary N) is 1. The third-order valence-corrected chi connectivity index (χ3v) is 4.41. The number of anilines is 1. The van der Waals surface area contributed by atoms with Gasteiger partial charge in [0.05, 0.1) is 5.56 Å². The fourth-order valence-corrected chi connectivity index (χ4v) is 3.14. The summed E-state index contributed by atoms with van der Waals surface area (Å²) in [6.07, 6.45) is 9.51. The van der Waals surface area contributed by atoms with Crippen LogP contribution in [0.1, 0.15) is 55.8 Å². The van der Waals surface area contributed by atoms with E-state index in [2.05, 4.69) is 17.2 Å². The molecule has 0 saturated heterocycles. The number of rotatable bonds is 5. The molecule has 1 aromatic heterocycles. The molecule has 1 saturated carbocycles. The molecule has 0 aliphatic heterocycles. The second-order valence-electron chi connectivity index (χ2n) is 6.19. The van der Waals surface area contributed by atoms with E-state index in [1.807, 2.05) is 12.1 Å². The van der Waals surface area contributed by atoms with Gasteiger partial charge >= 0.3 is 0 Å². The Kier molecular flexibility index (Phi) is 5.59. The monoisotopic (exact) mass is 289 g/mol. The molecule has 116 valence electrons. The number of carbonyl (C=O) groups excluding carboxylic acids is 1. The van der Waals surface area contributed by atoms with Crippen molar-refractivity contribution >= 4 is 11.7 Å². The van der Waals surface area contributed by atoms with Crippen molar-refractivity contribution in [1.29, 1.82) is 0 Å². The lowest BCUT2D eigenvalue weighted by molar-refractivity contribution is 0.0827. The van der Waals surface area contributed by atoms with Gasteiger partial charge in [0, 0.05) is 26.3 Å². The highest BCUT2D eigenvalue weighted by atomic mass is 16.2. The van der Waals surface area contributed by atoms with E-state index in [0.29, 0.717) is 11.6 Å². The maximum absolute atomic E-state index is 11.8. The SMILES string of the molecule is CCC(Nc1ccc(C(=O)N(C)C)cn1)C1CCCCC1. The first-order valence-corrected chi connectivity index (χ1v) is 8.06. The highest BCUT2D eigenvalue weighted by Gasteiger charge is 2.22. The number of pyridine rings is 1. The first-order chi connectivity index (χ1) is 10.1. The fraction of sp³-hybridized carbons (Fsp3) is 0.647. The van der Waals surface area contributed by atoms with Gasteiger partial charge in [-0.2, -0.15) is 0 Å². The molecule has 1 atom stereocenters. The van der Waals surface area contributed by atoms with Gasteiger partial charge in [0.15, 0.2) is 0 Å². The zero-order valence-corrected chi connectivity index (χ0v) is 13.4. The van der Waals surface area contributed by atoms with Gasteiger partial charge in [-0.1, -0.05) is 26.2 Å². The zero-order chi connectivity index (χ0) is 15.2. The van der Waals surface area contributed by atoms with Gasteiger partial charge in [-0.25, -0.2) is 4.98 Å². The summed E-state index contributed by atoms with van der Waals surface area (Å²) in [5.41, 5.74) is 0.635. The highest BCUT2D eigenvalue weighted by Crippen LogP contribution is 2.29. The van der Waals surface area contributed by atoms with Gasteiger partial charge in [0.1, 0.15) is 5.82 Å². The van der Waals surface area contributed by atoms with E-state index < -0.39 is 0 Å². The van der Waals surface area contributed by atoms with E-state index in [-0.39, 0.29) is 5.91 Å². The Labute approximate surface area is 127 Å². The summed E-state index contributed by atoms with van der Waals surface area (Å²) in [7, 11) is 3.51. The van der Waals surface area contributed by atoms with Crippen molar-refractivity contribution in [3.05, 3.63) is 23.9 Å². The molecule has 0 radical (unpaired) electrons. The van der Waals surface area contributed by atoms with Gasteiger partial charge < -0.3 is 10.2 Å². The van der Waals surface area contributed by atoms with Gasteiger partial charge in [0.25, 0.3) is 5.91 Å². The molecular formula is C17H27N3O. The summed E-state index contributed by atoms with van der Waals surface area (Å²) >= 11 is 0. The lowest BCUT2D eigenvalue weighted by Crippen LogP contribution is -2.30. The molecule has 21 heavy (non-hydrogen) atoms. The summed E-state index contributed by atoms with van der Waals surface area (Å²) in [4.78, 5) is 17.8. The molecule has 0 aromatic carbocycles. The summed E-state index contributed by atoms with van der Waals surface area (Å²) in [6, 6.07) is 4.27. The lowest BCUT2D eigenvalue weighted by Gasteiger charge is -2.30. The standard InChI is InChI=1S/C17H27N3O/c1-4-15(13-8-6-5-7-9-13)19-16-11-10-14(12-18-16)17(21)20(2)3/h10-13,15H,4-9H2,1-3H3,(H,18,19). The molecule has 0 spiro atoms. The molecule has 1 aromatic rings. The largest absolute Gasteiger partial charge is 0.367 e. The molecule has 1 unspecified atom stereocenters. The first-order valence-electron chi connectivity index (χ1n) is 8.06. The van der Waals surface area contributed by atoms with Gasteiger partial charge in [0.2, 0.25) is 0 Å². The van der Waals surface area contributed by atoms with Crippen LogP contribution in [0.3, 0.4) is 0 Å². The predicted octanol–water partition coefficient (Wildman–Crippen LogP) is 3.55. The van der Waals surface area contributed by atoms with Crippen LogP contribution in [0.15, 0.2) is 18.3 Å². The average Bonchev–Trinajstić information content (AvgIpc) is 2.53. The molecule has 1 N–H and O–H groups in total. The van der Waals surface area contributed by atoms with Crippen LogP contribution in [0.2, 0.25) is 0 Å². The van der Waals surface area contributed by atoms with Crippen LogP contribution >= 0.6 is 0 Å². The summed E-state index contributed by atoms with van der Waals surface area (Å²) < 4.78 is 0. The Hall–Kier alpha value is -1.58. The van der Waals surface area contributed by atoms with Crippen molar-refractivity contribution < 1.29 is 4.79 Å². The number of hydrogen-bond acceptors (Lipinski definition) is 3. The summed E-state index contributed by atoms with van der Waals surface area (Å²) in [6.45, 7) is 2.23. The molecule has 4 nitrogen and oxygen atoms in total.